The highest BCUT2D eigenvalue weighted by molar-refractivity contribution is 5.65. The number of anilines is 1. The number of nitriles is 1. The first-order valence-electron chi connectivity index (χ1n) is 3.51. The molecule has 0 aliphatic heterocycles. The molecule has 0 fully saturated rings. The summed E-state index contributed by atoms with van der Waals surface area (Å²) < 4.78 is 0. The van der Waals surface area contributed by atoms with Crippen LogP contribution in [0.1, 0.15) is 11.1 Å². The average molecular weight is 177 g/mol. The summed E-state index contributed by atoms with van der Waals surface area (Å²) in [5.41, 5.74) is 6.05. The van der Waals surface area contributed by atoms with Crippen LogP contribution in [0.3, 0.4) is 0 Å². The molecule has 0 aliphatic carbocycles. The van der Waals surface area contributed by atoms with E-state index in [0.29, 0.717) is 11.1 Å². The fraction of sp³-hybridized carbons (Fsp3) is 0.125. The largest absolute Gasteiger partial charge is 0.393 e. The number of benzene rings is 1. The maximum Gasteiger partial charge on any atom is 0.295 e. The number of nitrogens with zero attached hydrogens (tertiary/aromatic N) is 2. The van der Waals surface area contributed by atoms with E-state index in [4.69, 9.17) is 11.0 Å². The van der Waals surface area contributed by atoms with Gasteiger partial charge in [-0.05, 0) is 19.1 Å². The molecule has 5 nitrogen and oxygen atoms in total. The van der Waals surface area contributed by atoms with Crippen LogP contribution in [0.2, 0.25) is 0 Å². The molecule has 1 rings (SSSR count). The minimum absolute atomic E-state index is 0.0292. The van der Waals surface area contributed by atoms with Crippen molar-refractivity contribution in [3.63, 3.8) is 0 Å². The summed E-state index contributed by atoms with van der Waals surface area (Å²) in [7, 11) is 0. The number of hydrogen-bond acceptors (Lipinski definition) is 4. The molecule has 0 saturated carbocycles. The van der Waals surface area contributed by atoms with Gasteiger partial charge in [-0.3, -0.25) is 10.1 Å². The lowest BCUT2D eigenvalue weighted by molar-refractivity contribution is -0.384. The van der Waals surface area contributed by atoms with Crippen molar-refractivity contribution in [3.8, 4) is 6.07 Å². The molecule has 0 radical (unpaired) electrons. The van der Waals surface area contributed by atoms with E-state index >= 15 is 0 Å². The summed E-state index contributed by atoms with van der Waals surface area (Å²) in [5.74, 6) is 0. The Bertz CT molecular complexity index is 383. The second kappa shape index (κ2) is 3.11. The summed E-state index contributed by atoms with van der Waals surface area (Å²) in [6, 6.07) is 4.61. The van der Waals surface area contributed by atoms with Gasteiger partial charge < -0.3 is 5.73 Å². The molecule has 0 saturated heterocycles. The zero-order valence-electron chi connectivity index (χ0n) is 6.94. The van der Waals surface area contributed by atoms with Crippen molar-refractivity contribution < 1.29 is 4.92 Å². The van der Waals surface area contributed by atoms with E-state index < -0.39 is 4.92 Å². The van der Waals surface area contributed by atoms with E-state index in [2.05, 4.69) is 0 Å². The van der Waals surface area contributed by atoms with Gasteiger partial charge in [0.25, 0.3) is 5.69 Å². The monoisotopic (exact) mass is 177 g/mol. The molecule has 0 atom stereocenters. The second-order valence-electron chi connectivity index (χ2n) is 2.60. The van der Waals surface area contributed by atoms with Crippen LogP contribution in [0.4, 0.5) is 11.4 Å². The molecular formula is C8H7N3O2. The molecule has 66 valence electrons. The van der Waals surface area contributed by atoms with Crippen molar-refractivity contribution in [2.75, 3.05) is 5.73 Å². The highest BCUT2D eigenvalue weighted by Gasteiger charge is 2.15. The lowest BCUT2D eigenvalue weighted by atomic mass is 10.1. The van der Waals surface area contributed by atoms with Crippen molar-refractivity contribution in [2.24, 2.45) is 0 Å². The van der Waals surface area contributed by atoms with Crippen molar-refractivity contribution >= 4 is 11.4 Å². The van der Waals surface area contributed by atoms with Crippen molar-refractivity contribution in [2.45, 2.75) is 6.92 Å². The smallest absolute Gasteiger partial charge is 0.295 e. The highest BCUT2D eigenvalue weighted by atomic mass is 16.6. The molecule has 5 heteroatoms. The molecule has 0 bridgehead atoms. The van der Waals surface area contributed by atoms with Gasteiger partial charge in [0.2, 0.25) is 0 Å². The Morgan fingerprint density at radius 2 is 2.23 bits per heavy atom. The number of nitro benzene ring substituents is 1. The Kier molecular flexibility index (Phi) is 2.15. The standard InChI is InChI=1S/C8H7N3O2/c1-5-2-6(4-9)3-7(10)8(5)11(12)13/h2-3H,10H2,1H3. The quantitative estimate of drug-likeness (QED) is 0.398. The van der Waals surface area contributed by atoms with Gasteiger partial charge in [0.05, 0.1) is 16.6 Å². The van der Waals surface area contributed by atoms with Gasteiger partial charge in [-0.1, -0.05) is 0 Å². The third-order valence-corrected chi connectivity index (χ3v) is 1.64. The van der Waals surface area contributed by atoms with Crippen molar-refractivity contribution in [1.29, 1.82) is 5.26 Å². The average Bonchev–Trinajstić information content (AvgIpc) is 2.02. The fourth-order valence-electron chi connectivity index (χ4n) is 1.12. The summed E-state index contributed by atoms with van der Waals surface area (Å²) in [4.78, 5) is 9.94. The molecule has 13 heavy (non-hydrogen) atoms. The first kappa shape index (κ1) is 9.00. The van der Waals surface area contributed by atoms with Gasteiger partial charge in [0, 0.05) is 5.56 Å². The van der Waals surface area contributed by atoms with E-state index in [-0.39, 0.29) is 11.4 Å². The number of nitrogens with two attached hydrogens (primary N) is 1. The minimum Gasteiger partial charge on any atom is -0.393 e. The van der Waals surface area contributed by atoms with E-state index in [9.17, 15) is 10.1 Å². The lowest BCUT2D eigenvalue weighted by Crippen LogP contribution is -1.98. The van der Waals surface area contributed by atoms with Crippen LogP contribution in [-0.2, 0) is 0 Å². The number of rotatable bonds is 1. The first-order chi connectivity index (χ1) is 6.06. The van der Waals surface area contributed by atoms with Crippen LogP contribution in [0.5, 0.6) is 0 Å². The van der Waals surface area contributed by atoms with Gasteiger partial charge in [-0.25, -0.2) is 0 Å². The minimum atomic E-state index is -0.550. The first-order valence-corrected chi connectivity index (χ1v) is 3.51. The van der Waals surface area contributed by atoms with Crippen LogP contribution in [0, 0.1) is 28.4 Å². The number of nitro groups is 1. The second-order valence-corrected chi connectivity index (χ2v) is 2.60. The van der Waals surface area contributed by atoms with Gasteiger partial charge in [-0.2, -0.15) is 5.26 Å². The van der Waals surface area contributed by atoms with Gasteiger partial charge in [-0.15, -0.1) is 0 Å². The molecule has 1 aromatic carbocycles. The molecular weight excluding hydrogens is 170 g/mol. The number of nitrogen functional groups attached to an aromatic ring is 1. The highest BCUT2D eigenvalue weighted by Crippen LogP contribution is 2.26. The van der Waals surface area contributed by atoms with Crippen LogP contribution < -0.4 is 5.73 Å². The predicted molar refractivity (Wildman–Crippen MR) is 47.0 cm³/mol. The summed E-state index contributed by atoms with van der Waals surface area (Å²) >= 11 is 0. The zero-order chi connectivity index (χ0) is 10.0. The molecule has 1 aromatic rings. The Morgan fingerprint density at radius 3 is 2.62 bits per heavy atom. The molecule has 0 amide bonds. The predicted octanol–water partition coefficient (Wildman–Crippen LogP) is 1.36. The Hall–Kier alpha value is -2.09. The molecule has 0 unspecified atom stereocenters. The Balaban J connectivity index is 3.42. The van der Waals surface area contributed by atoms with Gasteiger partial charge in [0.15, 0.2) is 0 Å². The van der Waals surface area contributed by atoms with Gasteiger partial charge >= 0.3 is 0 Å². The third kappa shape index (κ3) is 1.56. The Morgan fingerprint density at radius 1 is 1.62 bits per heavy atom. The topological polar surface area (TPSA) is 93.0 Å². The molecule has 0 aromatic heterocycles. The van der Waals surface area contributed by atoms with Crippen molar-refractivity contribution in [3.05, 3.63) is 33.4 Å². The van der Waals surface area contributed by atoms with E-state index in [1.54, 1.807) is 6.92 Å². The van der Waals surface area contributed by atoms with Crippen LogP contribution >= 0.6 is 0 Å². The van der Waals surface area contributed by atoms with Crippen molar-refractivity contribution in [1.82, 2.24) is 0 Å². The maximum atomic E-state index is 10.5. The summed E-state index contributed by atoms with van der Waals surface area (Å²) in [6.07, 6.45) is 0. The number of aryl methyl sites for hydroxylation is 1. The summed E-state index contributed by atoms with van der Waals surface area (Å²) in [6.45, 7) is 1.55. The molecule has 0 heterocycles. The van der Waals surface area contributed by atoms with E-state index in [1.807, 2.05) is 6.07 Å². The maximum absolute atomic E-state index is 10.5. The third-order valence-electron chi connectivity index (χ3n) is 1.64. The zero-order valence-corrected chi connectivity index (χ0v) is 6.94. The molecule has 0 spiro atoms. The Labute approximate surface area is 74.5 Å². The van der Waals surface area contributed by atoms with Crippen LogP contribution in [0.15, 0.2) is 12.1 Å². The molecule has 0 aliphatic rings. The lowest BCUT2D eigenvalue weighted by Gasteiger charge is -2.00. The van der Waals surface area contributed by atoms with Crippen LogP contribution in [0.25, 0.3) is 0 Å². The fourth-order valence-corrected chi connectivity index (χ4v) is 1.12. The van der Waals surface area contributed by atoms with E-state index in [1.165, 1.54) is 12.1 Å². The van der Waals surface area contributed by atoms with E-state index in [0.717, 1.165) is 0 Å². The summed E-state index contributed by atoms with van der Waals surface area (Å²) in [5, 5.41) is 19.0. The van der Waals surface area contributed by atoms with Crippen LogP contribution in [-0.4, -0.2) is 4.92 Å². The normalized spacial score (nSPS) is 9.23. The van der Waals surface area contributed by atoms with Gasteiger partial charge in [0.1, 0.15) is 5.69 Å². The molecule has 2 N–H and O–H groups in total. The SMILES string of the molecule is Cc1cc(C#N)cc(N)c1[N+](=O)[O-]. The number of hydrogen-bond donors (Lipinski definition) is 1.